The van der Waals surface area contributed by atoms with Gasteiger partial charge in [-0.2, -0.15) is 0 Å². The second kappa shape index (κ2) is 5.67. The van der Waals surface area contributed by atoms with Crippen LogP contribution in [0.1, 0.15) is 24.0 Å². The van der Waals surface area contributed by atoms with Crippen LogP contribution in [-0.4, -0.2) is 29.0 Å². The Morgan fingerprint density at radius 1 is 1.00 bits per heavy atom. The summed E-state index contributed by atoms with van der Waals surface area (Å²) in [5.74, 6) is 0.653. The average Bonchev–Trinajstić information content (AvgIpc) is 2.74. The molecule has 0 atom stereocenters. The summed E-state index contributed by atoms with van der Waals surface area (Å²) in [4.78, 5) is 25.4. The van der Waals surface area contributed by atoms with Crippen LogP contribution in [0.5, 0.6) is 0 Å². The number of fused-ring (bicyclic) bond motifs is 1. The number of amides is 2. The molecule has 0 fully saturated rings. The number of rotatable bonds is 6. The number of carbonyl (C=O) groups excluding carboxylic acids is 2. The smallest absolute Gasteiger partial charge is 0.253 e. The molecule has 0 saturated heterocycles. The normalized spacial score (nSPS) is 16.2. The molecule has 1 aliphatic heterocycles. The predicted molar refractivity (Wildman–Crippen MR) is 81.9 cm³/mol. The highest BCUT2D eigenvalue weighted by atomic mass is 32.2. The fourth-order valence-electron chi connectivity index (χ4n) is 2.31. The monoisotopic (exact) mass is 285 g/mol. The summed E-state index contributed by atoms with van der Waals surface area (Å²) in [5, 5.41) is 0. The van der Waals surface area contributed by atoms with Crippen LogP contribution in [0.25, 0.3) is 11.0 Å². The topological polar surface area (TPSA) is 37.4 Å². The van der Waals surface area contributed by atoms with Crippen LogP contribution in [0.2, 0.25) is 0 Å². The molecule has 3 nitrogen and oxygen atoms in total. The Kier molecular flexibility index (Phi) is 3.74. The van der Waals surface area contributed by atoms with E-state index in [0.717, 1.165) is 18.6 Å². The number of hydrogen-bond acceptors (Lipinski definition) is 3. The van der Waals surface area contributed by atoms with E-state index in [2.05, 4.69) is 30.3 Å². The van der Waals surface area contributed by atoms with Crippen molar-refractivity contribution in [3.05, 3.63) is 47.5 Å². The summed E-state index contributed by atoms with van der Waals surface area (Å²) < 4.78 is 0. The van der Waals surface area contributed by atoms with Gasteiger partial charge >= 0.3 is 0 Å². The number of unbranched alkanes of at least 4 members (excludes halogenated alkanes) is 1. The Bertz CT molecular complexity index is 601. The minimum atomic E-state index is -0.182. The van der Waals surface area contributed by atoms with Gasteiger partial charge in [0.1, 0.15) is 0 Å². The summed E-state index contributed by atoms with van der Waals surface area (Å²) >= 11 is 1.85. The molecule has 0 N–H and O–H groups in total. The first-order valence-electron chi connectivity index (χ1n) is 6.73. The molecule has 0 spiro atoms. The fraction of sp³-hybridized carbons (Fsp3) is 0.250. The van der Waals surface area contributed by atoms with Crippen LogP contribution in [-0.2, 0) is 9.59 Å². The van der Waals surface area contributed by atoms with Crippen molar-refractivity contribution in [3.63, 3.8) is 0 Å². The van der Waals surface area contributed by atoms with Gasteiger partial charge in [0.25, 0.3) is 11.8 Å². The van der Waals surface area contributed by atoms with E-state index in [4.69, 9.17) is 0 Å². The van der Waals surface area contributed by atoms with Crippen molar-refractivity contribution in [2.75, 3.05) is 12.3 Å². The quantitative estimate of drug-likeness (QED) is 0.596. The van der Waals surface area contributed by atoms with E-state index in [-0.39, 0.29) is 11.8 Å². The summed E-state index contributed by atoms with van der Waals surface area (Å²) in [5.41, 5.74) is 2.65. The van der Waals surface area contributed by atoms with Crippen LogP contribution >= 0.6 is 11.8 Å². The van der Waals surface area contributed by atoms with Crippen LogP contribution in [0, 0.1) is 0 Å². The van der Waals surface area contributed by atoms with Gasteiger partial charge in [0.15, 0.2) is 0 Å². The van der Waals surface area contributed by atoms with Crippen LogP contribution in [0.3, 0.4) is 0 Å². The van der Waals surface area contributed by atoms with Gasteiger partial charge in [-0.15, -0.1) is 11.8 Å². The summed E-state index contributed by atoms with van der Waals surface area (Å²) in [6.45, 7) is 0.529. The zero-order valence-corrected chi connectivity index (χ0v) is 11.9. The molecule has 1 aromatic rings. The molecule has 1 aliphatic carbocycles. The second-order valence-electron chi connectivity index (χ2n) is 4.81. The van der Waals surface area contributed by atoms with E-state index in [9.17, 15) is 9.59 Å². The zero-order chi connectivity index (χ0) is 13.9. The minimum Gasteiger partial charge on any atom is -0.275 e. The Labute approximate surface area is 122 Å². The van der Waals surface area contributed by atoms with Crippen molar-refractivity contribution >= 4 is 34.6 Å². The van der Waals surface area contributed by atoms with Gasteiger partial charge in [0.2, 0.25) is 0 Å². The largest absolute Gasteiger partial charge is 0.275 e. The van der Waals surface area contributed by atoms with Gasteiger partial charge < -0.3 is 0 Å². The van der Waals surface area contributed by atoms with Gasteiger partial charge in [-0.25, -0.2) is 0 Å². The Morgan fingerprint density at radius 3 is 2.50 bits per heavy atom. The first kappa shape index (κ1) is 13.2. The number of imide groups is 1. The summed E-state index contributed by atoms with van der Waals surface area (Å²) in [7, 11) is 0. The Balaban J connectivity index is 1.36. The number of hydrogen-bond donors (Lipinski definition) is 0. The molecule has 0 unspecified atom stereocenters. The molecule has 0 aromatic heterocycles. The predicted octanol–water partition coefficient (Wildman–Crippen LogP) is 2.94. The lowest BCUT2D eigenvalue weighted by molar-refractivity contribution is -0.136. The van der Waals surface area contributed by atoms with Crippen molar-refractivity contribution in [3.8, 4) is 0 Å². The van der Waals surface area contributed by atoms with Crippen LogP contribution in [0.4, 0.5) is 0 Å². The fourth-order valence-corrected chi connectivity index (χ4v) is 3.43. The van der Waals surface area contributed by atoms with Crippen molar-refractivity contribution in [2.45, 2.75) is 12.8 Å². The molecular weight excluding hydrogens is 270 g/mol. The highest BCUT2D eigenvalue weighted by Crippen LogP contribution is 2.40. The van der Waals surface area contributed by atoms with Crippen molar-refractivity contribution in [1.29, 1.82) is 0 Å². The lowest BCUT2D eigenvalue weighted by atomic mass is 9.98. The lowest BCUT2D eigenvalue weighted by Gasteiger charge is -2.19. The molecule has 1 aromatic carbocycles. The number of carbonyl (C=O) groups is 2. The molecule has 3 rings (SSSR count). The molecule has 2 amide bonds. The molecule has 102 valence electrons. The van der Waals surface area contributed by atoms with E-state index < -0.39 is 0 Å². The lowest BCUT2D eigenvalue weighted by Crippen LogP contribution is -2.30. The average molecular weight is 285 g/mol. The summed E-state index contributed by atoms with van der Waals surface area (Å²) in [6.07, 6.45) is 6.75. The second-order valence-corrected chi connectivity index (χ2v) is 5.95. The van der Waals surface area contributed by atoms with Crippen LogP contribution in [0.15, 0.2) is 36.4 Å². The molecule has 1 heterocycles. The number of nitrogens with zero attached hydrogens (tertiary/aromatic N) is 1. The maximum atomic E-state index is 11.4. The maximum absolute atomic E-state index is 11.4. The Hall–Kier alpha value is -1.81. The minimum absolute atomic E-state index is 0.182. The zero-order valence-electron chi connectivity index (χ0n) is 11.0. The van der Waals surface area contributed by atoms with E-state index in [0.29, 0.717) is 6.54 Å². The molecule has 0 radical (unpaired) electrons. The van der Waals surface area contributed by atoms with E-state index in [1.165, 1.54) is 33.1 Å². The van der Waals surface area contributed by atoms with Gasteiger partial charge in [-0.3, -0.25) is 14.5 Å². The molecule has 0 bridgehead atoms. The van der Waals surface area contributed by atoms with E-state index >= 15 is 0 Å². The third-order valence-electron chi connectivity index (χ3n) is 3.45. The van der Waals surface area contributed by atoms with E-state index in [1.54, 1.807) is 0 Å². The molecule has 2 aliphatic rings. The van der Waals surface area contributed by atoms with Gasteiger partial charge in [-0.05, 0) is 35.8 Å². The van der Waals surface area contributed by atoms with Crippen LogP contribution < -0.4 is 0 Å². The highest BCUT2D eigenvalue weighted by Gasteiger charge is 2.22. The third-order valence-corrected chi connectivity index (χ3v) is 4.59. The number of thioether (sulfide) groups is 1. The van der Waals surface area contributed by atoms with Gasteiger partial charge in [0.05, 0.1) is 0 Å². The molecule has 20 heavy (non-hydrogen) atoms. The molecular formula is C16H15NO2S. The molecule has 0 saturated carbocycles. The standard InChI is InChI=1S/C16H15NO2S/c18-15-7-8-16(19)17(15)9-3-4-10-20-14-11-12-5-1-2-6-13(12)14/h1-2,5-8,11H,3-4,9-10H2. The van der Waals surface area contributed by atoms with Crippen molar-refractivity contribution in [2.24, 2.45) is 0 Å². The number of benzene rings is 1. The maximum Gasteiger partial charge on any atom is 0.253 e. The highest BCUT2D eigenvalue weighted by molar-refractivity contribution is 8.08. The van der Waals surface area contributed by atoms with Gasteiger partial charge in [-0.1, -0.05) is 24.3 Å². The first-order valence-corrected chi connectivity index (χ1v) is 7.72. The SMILES string of the molecule is O=C1C=CC(=O)N1CCCCSC1=Cc2ccccc21. The third kappa shape index (κ3) is 2.56. The summed E-state index contributed by atoms with van der Waals surface area (Å²) in [6, 6.07) is 8.38. The van der Waals surface area contributed by atoms with Crippen molar-refractivity contribution < 1.29 is 9.59 Å². The Morgan fingerprint density at radius 2 is 1.75 bits per heavy atom. The molecule has 4 heteroatoms. The first-order chi connectivity index (χ1) is 9.75. The van der Waals surface area contributed by atoms with E-state index in [1.807, 2.05) is 11.8 Å². The van der Waals surface area contributed by atoms with Crippen molar-refractivity contribution in [1.82, 2.24) is 4.90 Å². The van der Waals surface area contributed by atoms with Gasteiger partial charge in [0, 0.05) is 23.6 Å².